The van der Waals surface area contributed by atoms with Gasteiger partial charge in [-0.25, -0.2) is 0 Å². The van der Waals surface area contributed by atoms with Gasteiger partial charge in [-0.15, -0.1) is 9.24 Å². The van der Waals surface area contributed by atoms with Crippen LogP contribution in [0.15, 0.2) is 0 Å². The van der Waals surface area contributed by atoms with Crippen LogP contribution in [0.3, 0.4) is 0 Å². The third kappa shape index (κ3) is 3.89. The largest absolute Gasteiger partial charge is 0.276 e. The minimum absolute atomic E-state index is 0.0643. The molecular weight excluding hydrogens is 229 g/mol. The molecule has 0 saturated heterocycles. The molecule has 0 aromatic heterocycles. The Morgan fingerprint density at radius 1 is 0.824 bits per heavy atom. The van der Waals surface area contributed by atoms with Gasteiger partial charge in [0.15, 0.2) is 0 Å². The molecule has 0 bridgehead atoms. The Bertz CT molecular complexity index is 173. The lowest BCUT2D eigenvalue weighted by molar-refractivity contribution is -0.141. The highest BCUT2D eigenvalue weighted by Gasteiger charge is 2.39. The molecule has 0 rings (SSSR count). The summed E-state index contributed by atoms with van der Waals surface area (Å²) >= 11 is 0. The summed E-state index contributed by atoms with van der Waals surface area (Å²) in [6, 6.07) is 0. The minimum Gasteiger partial charge on any atom is -0.276 e. The van der Waals surface area contributed by atoms with Crippen molar-refractivity contribution in [1.82, 2.24) is 14.7 Å². The minimum atomic E-state index is 0.0643. The molecule has 0 aliphatic heterocycles. The van der Waals surface area contributed by atoms with Crippen LogP contribution in [0.2, 0.25) is 0 Å². The quantitative estimate of drug-likeness (QED) is 0.465. The summed E-state index contributed by atoms with van der Waals surface area (Å²) in [5.74, 6) is 0.0643. The van der Waals surface area contributed by atoms with Crippen LogP contribution in [-0.4, -0.2) is 67.4 Å². The molecule has 3 nitrogen and oxygen atoms in total. The molecule has 1 atom stereocenters. The summed E-state index contributed by atoms with van der Waals surface area (Å²) in [6.07, 6.45) is 3.60. The fourth-order valence-electron chi connectivity index (χ4n) is 2.55. The smallest absolute Gasteiger partial charge is 0.130 e. The lowest BCUT2D eigenvalue weighted by atomic mass is 10.1. The van der Waals surface area contributed by atoms with E-state index in [4.69, 9.17) is 0 Å². The first kappa shape index (κ1) is 17.3. The first-order valence-corrected chi connectivity index (χ1v) is 7.66. The average Bonchev–Trinajstić information content (AvgIpc) is 2.37. The van der Waals surface area contributed by atoms with Crippen LogP contribution in [-0.2, 0) is 0 Å². The fraction of sp³-hybridized carbons (Fsp3) is 1.00. The van der Waals surface area contributed by atoms with Crippen LogP contribution in [0.1, 0.15) is 33.6 Å². The van der Waals surface area contributed by atoms with Gasteiger partial charge >= 0.3 is 0 Å². The highest BCUT2D eigenvalue weighted by molar-refractivity contribution is 7.16. The van der Waals surface area contributed by atoms with E-state index in [0.717, 1.165) is 19.6 Å². The molecule has 0 aliphatic rings. The number of hydrogen-bond donors (Lipinski definition) is 0. The zero-order chi connectivity index (χ0) is 13.5. The van der Waals surface area contributed by atoms with Crippen LogP contribution in [0, 0.1) is 0 Å². The van der Waals surface area contributed by atoms with Crippen molar-refractivity contribution in [2.75, 3.05) is 46.9 Å². The van der Waals surface area contributed by atoms with Crippen molar-refractivity contribution >= 4 is 9.24 Å². The van der Waals surface area contributed by atoms with E-state index < -0.39 is 0 Å². The lowest BCUT2D eigenvalue weighted by Crippen LogP contribution is -2.67. The van der Waals surface area contributed by atoms with Gasteiger partial charge in [0.1, 0.15) is 5.79 Å². The van der Waals surface area contributed by atoms with Gasteiger partial charge < -0.3 is 0 Å². The first-order valence-electron chi connectivity index (χ1n) is 6.84. The summed E-state index contributed by atoms with van der Waals surface area (Å²) in [5.41, 5.74) is 0. The van der Waals surface area contributed by atoms with Gasteiger partial charge in [0.2, 0.25) is 0 Å². The Hall–Kier alpha value is 0.310. The molecule has 0 amide bonds. The molecule has 0 aromatic carbocycles. The monoisotopic (exact) mass is 261 g/mol. The SMILES string of the molecule is CCN(C)C(CCCP)(N(C)CC)N(C)CC. The third-order valence-electron chi connectivity index (χ3n) is 3.97. The van der Waals surface area contributed by atoms with Gasteiger partial charge in [0, 0.05) is 0 Å². The second kappa shape index (κ2) is 8.42. The topological polar surface area (TPSA) is 9.72 Å². The Balaban J connectivity index is 5.19. The van der Waals surface area contributed by atoms with Crippen molar-refractivity contribution in [2.45, 2.75) is 39.4 Å². The zero-order valence-corrected chi connectivity index (χ0v) is 13.8. The maximum absolute atomic E-state index is 2.84. The Morgan fingerprint density at radius 3 is 1.41 bits per heavy atom. The van der Waals surface area contributed by atoms with Gasteiger partial charge in [-0.1, -0.05) is 20.8 Å². The molecule has 0 N–H and O–H groups in total. The van der Waals surface area contributed by atoms with Crippen molar-refractivity contribution in [2.24, 2.45) is 0 Å². The fourth-order valence-corrected chi connectivity index (χ4v) is 2.75. The predicted octanol–water partition coefficient (Wildman–Crippen LogP) is 2.15. The Labute approximate surface area is 111 Å². The molecule has 0 aromatic rings. The molecule has 17 heavy (non-hydrogen) atoms. The van der Waals surface area contributed by atoms with Crippen molar-refractivity contribution in [3.8, 4) is 0 Å². The number of hydrogen-bond acceptors (Lipinski definition) is 3. The average molecular weight is 261 g/mol. The van der Waals surface area contributed by atoms with Crippen LogP contribution in [0.4, 0.5) is 0 Å². The maximum atomic E-state index is 2.84. The van der Waals surface area contributed by atoms with Gasteiger partial charge in [-0.2, -0.15) is 0 Å². The summed E-state index contributed by atoms with van der Waals surface area (Å²) in [7, 11) is 9.56. The van der Waals surface area contributed by atoms with Crippen LogP contribution >= 0.6 is 9.24 Å². The van der Waals surface area contributed by atoms with Gasteiger partial charge in [-0.3, -0.25) is 14.7 Å². The highest BCUT2D eigenvalue weighted by Crippen LogP contribution is 2.27. The summed E-state index contributed by atoms with van der Waals surface area (Å²) in [4.78, 5) is 7.42. The molecule has 1 unspecified atom stereocenters. The van der Waals surface area contributed by atoms with Crippen LogP contribution in [0.25, 0.3) is 0 Å². The van der Waals surface area contributed by atoms with E-state index in [-0.39, 0.29) is 5.79 Å². The Morgan fingerprint density at radius 2 is 1.18 bits per heavy atom. The molecular formula is C13H32N3P. The lowest BCUT2D eigenvalue weighted by Gasteiger charge is -2.53. The van der Waals surface area contributed by atoms with Crippen LogP contribution < -0.4 is 0 Å². The normalized spacial score (nSPS) is 13.1. The predicted molar refractivity (Wildman–Crippen MR) is 81.5 cm³/mol. The Kier molecular flexibility index (Phi) is 8.57. The molecule has 0 saturated carbocycles. The zero-order valence-electron chi connectivity index (χ0n) is 12.7. The summed E-state index contributed by atoms with van der Waals surface area (Å²) in [5, 5.41) is 0. The van der Waals surface area contributed by atoms with E-state index in [1.807, 2.05) is 0 Å². The van der Waals surface area contributed by atoms with Gasteiger partial charge in [0.05, 0.1) is 0 Å². The molecule has 0 fully saturated rings. The van der Waals surface area contributed by atoms with Crippen molar-refractivity contribution in [3.05, 3.63) is 0 Å². The molecule has 0 spiro atoms. The van der Waals surface area contributed by atoms with Crippen molar-refractivity contribution in [3.63, 3.8) is 0 Å². The van der Waals surface area contributed by atoms with E-state index in [1.165, 1.54) is 19.0 Å². The molecule has 4 heteroatoms. The van der Waals surface area contributed by atoms with Crippen LogP contribution in [0.5, 0.6) is 0 Å². The maximum Gasteiger partial charge on any atom is 0.130 e. The van der Waals surface area contributed by atoms with E-state index >= 15 is 0 Å². The second-order valence-corrected chi connectivity index (χ2v) is 5.29. The third-order valence-corrected chi connectivity index (χ3v) is 4.38. The van der Waals surface area contributed by atoms with E-state index in [1.54, 1.807) is 0 Å². The van der Waals surface area contributed by atoms with E-state index in [2.05, 4.69) is 65.9 Å². The first-order chi connectivity index (χ1) is 8.00. The number of nitrogens with zero attached hydrogens (tertiary/aromatic N) is 3. The van der Waals surface area contributed by atoms with E-state index in [0.29, 0.717) is 0 Å². The van der Waals surface area contributed by atoms with Gasteiger partial charge in [-0.05, 0) is 59.8 Å². The molecule has 104 valence electrons. The molecule has 0 heterocycles. The molecule has 0 aliphatic carbocycles. The summed E-state index contributed by atoms with van der Waals surface area (Å²) < 4.78 is 0. The standard InChI is InChI=1S/C13H32N3P/c1-7-14(4)13(11-10-12-17,15(5)8-2)16(6)9-3/h7-12,17H2,1-6H3. The number of rotatable bonds is 9. The highest BCUT2D eigenvalue weighted by atomic mass is 31.0. The molecule has 0 radical (unpaired) electrons. The summed E-state index contributed by atoms with van der Waals surface area (Å²) in [6.45, 7) is 9.94. The second-order valence-electron chi connectivity index (χ2n) is 4.71. The van der Waals surface area contributed by atoms with Crippen molar-refractivity contribution < 1.29 is 0 Å². The van der Waals surface area contributed by atoms with Crippen molar-refractivity contribution in [1.29, 1.82) is 0 Å². The van der Waals surface area contributed by atoms with E-state index in [9.17, 15) is 0 Å². The van der Waals surface area contributed by atoms with Gasteiger partial charge in [0.25, 0.3) is 0 Å².